The zero-order valence-corrected chi connectivity index (χ0v) is 18.4. The second-order valence-corrected chi connectivity index (χ2v) is 9.69. The van der Waals surface area contributed by atoms with Gasteiger partial charge in [-0.1, -0.05) is 37.3 Å². The Labute approximate surface area is 181 Å². The monoisotopic (exact) mass is 451 g/mol. The highest BCUT2D eigenvalue weighted by atomic mass is 32.2. The maximum atomic E-state index is 13.5. The molecular weight excluding hydrogens is 424 g/mol. The molecule has 0 aliphatic carbocycles. The molecule has 0 bridgehead atoms. The van der Waals surface area contributed by atoms with Crippen LogP contribution in [-0.2, 0) is 14.8 Å². The van der Waals surface area contributed by atoms with E-state index in [1.807, 2.05) is 42.2 Å². The predicted molar refractivity (Wildman–Crippen MR) is 114 cm³/mol. The van der Waals surface area contributed by atoms with Crippen molar-refractivity contribution in [1.82, 2.24) is 14.5 Å². The fourth-order valence-corrected chi connectivity index (χ4v) is 5.02. The van der Waals surface area contributed by atoms with E-state index in [0.717, 1.165) is 17.7 Å². The molecule has 31 heavy (non-hydrogen) atoms. The van der Waals surface area contributed by atoms with Crippen LogP contribution in [-0.4, -0.2) is 62.3 Å². The van der Waals surface area contributed by atoms with Crippen LogP contribution in [0.5, 0.6) is 0 Å². The van der Waals surface area contributed by atoms with Gasteiger partial charge in [-0.15, -0.1) is 0 Å². The molecule has 2 unspecified atom stereocenters. The first-order valence-corrected chi connectivity index (χ1v) is 11.7. The van der Waals surface area contributed by atoms with Crippen molar-refractivity contribution in [1.29, 1.82) is 0 Å². The molecule has 2 atom stereocenters. The van der Waals surface area contributed by atoms with Crippen LogP contribution < -0.4 is 5.32 Å². The molecule has 168 valence electrons. The zero-order valence-electron chi connectivity index (χ0n) is 17.6. The predicted octanol–water partition coefficient (Wildman–Crippen LogP) is 2.58. The summed E-state index contributed by atoms with van der Waals surface area (Å²) in [5.74, 6) is -2.23. The SMILES string of the molecule is CC(CNC(=O)C(C)N1CCN(S(=O)(=O)c2ccc(F)c(F)c2)CC1)c1ccccc1. The van der Waals surface area contributed by atoms with Crippen LogP contribution >= 0.6 is 0 Å². The van der Waals surface area contributed by atoms with Crippen LogP contribution in [0.3, 0.4) is 0 Å². The minimum absolute atomic E-state index is 0.111. The van der Waals surface area contributed by atoms with E-state index in [1.165, 1.54) is 4.31 Å². The molecule has 1 aliphatic heterocycles. The Morgan fingerprint density at radius 3 is 2.26 bits per heavy atom. The highest BCUT2D eigenvalue weighted by Crippen LogP contribution is 2.20. The molecule has 0 saturated carbocycles. The van der Waals surface area contributed by atoms with Crippen LogP contribution in [0.2, 0.25) is 0 Å². The van der Waals surface area contributed by atoms with Gasteiger partial charge in [0.1, 0.15) is 0 Å². The lowest BCUT2D eigenvalue weighted by Gasteiger charge is -2.36. The molecule has 9 heteroatoms. The van der Waals surface area contributed by atoms with Crippen molar-refractivity contribution in [3.05, 3.63) is 65.7 Å². The molecule has 3 rings (SSSR count). The normalized spacial score (nSPS) is 17.8. The third-order valence-electron chi connectivity index (χ3n) is 5.68. The summed E-state index contributed by atoms with van der Waals surface area (Å²) in [6.45, 7) is 5.41. The fraction of sp³-hybridized carbons (Fsp3) is 0.409. The fourth-order valence-electron chi connectivity index (χ4n) is 3.58. The third kappa shape index (κ3) is 5.47. The van der Waals surface area contributed by atoms with E-state index in [1.54, 1.807) is 6.92 Å². The lowest BCUT2D eigenvalue weighted by molar-refractivity contribution is -0.126. The van der Waals surface area contributed by atoms with E-state index in [-0.39, 0.29) is 29.8 Å². The van der Waals surface area contributed by atoms with Gasteiger partial charge in [0.25, 0.3) is 0 Å². The van der Waals surface area contributed by atoms with E-state index in [4.69, 9.17) is 0 Å². The highest BCUT2D eigenvalue weighted by Gasteiger charge is 2.32. The van der Waals surface area contributed by atoms with Crippen LogP contribution in [0.4, 0.5) is 8.78 Å². The molecule has 1 aliphatic rings. The van der Waals surface area contributed by atoms with Crippen molar-refractivity contribution in [3.63, 3.8) is 0 Å². The number of carbonyl (C=O) groups excluding carboxylic acids is 1. The molecule has 2 aromatic rings. The first-order valence-electron chi connectivity index (χ1n) is 10.2. The molecule has 0 radical (unpaired) electrons. The maximum Gasteiger partial charge on any atom is 0.243 e. The number of rotatable bonds is 7. The third-order valence-corrected chi connectivity index (χ3v) is 7.57. The molecule has 6 nitrogen and oxygen atoms in total. The summed E-state index contributed by atoms with van der Waals surface area (Å²) in [5.41, 5.74) is 1.14. The van der Waals surface area contributed by atoms with Crippen molar-refractivity contribution in [2.75, 3.05) is 32.7 Å². The van der Waals surface area contributed by atoms with Gasteiger partial charge in [0, 0.05) is 32.7 Å². The Kier molecular flexibility index (Phi) is 7.40. The van der Waals surface area contributed by atoms with Gasteiger partial charge >= 0.3 is 0 Å². The zero-order chi connectivity index (χ0) is 22.6. The first kappa shape index (κ1) is 23.3. The van der Waals surface area contributed by atoms with Crippen molar-refractivity contribution < 1.29 is 22.0 Å². The smallest absolute Gasteiger partial charge is 0.243 e. The number of benzene rings is 2. The first-order chi connectivity index (χ1) is 14.7. The largest absolute Gasteiger partial charge is 0.354 e. The lowest BCUT2D eigenvalue weighted by atomic mass is 10.0. The van der Waals surface area contributed by atoms with Gasteiger partial charge in [0.05, 0.1) is 10.9 Å². The van der Waals surface area contributed by atoms with Crippen molar-refractivity contribution in [2.45, 2.75) is 30.7 Å². The molecule has 1 amide bonds. The Morgan fingerprint density at radius 1 is 1.00 bits per heavy atom. The average molecular weight is 452 g/mol. The molecule has 1 heterocycles. The second kappa shape index (κ2) is 9.84. The van der Waals surface area contributed by atoms with Crippen molar-refractivity contribution in [2.24, 2.45) is 0 Å². The number of carbonyl (C=O) groups is 1. The number of hydrogen-bond acceptors (Lipinski definition) is 4. The molecule has 1 N–H and O–H groups in total. The molecule has 0 spiro atoms. The number of piperazine rings is 1. The van der Waals surface area contributed by atoms with Crippen molar-refractivity contribution >= 4 is 15.9 Å². The summed E-state index contributed by atoms with van der Waals surface area (Å²) < 4.78 is 53.2. The highest BCUT2D eigenvalue weighted by molar-refractivity contribution is 7.89. The topological polar surface area (TPSA) is 69.7 Å². The van der Waals surface area contributed by atoms with Crippen LogP contribution in [0, 0.1) is 11.6 Å². The van der Waals surface area contributed by atoms with E-state index < -0.39 is 27.7 Å². The number of nitrogens with zero attached hydrogens (tertiary/aromatic N) is 2. The van der Waals surface area contributed by atoms with Crippen LogP contribution in [0.1, 0.15) is 25.3 Å². The van der Waals surface area contributed by atoms with E-state index in [0.29, 0.717) is 25.7 Å². The number of nitrogens with one attached hydrogen (secondary N) is 1. The van der Waals surface area contributed by atoms with E-state index in [2.05, 4.69) is 5.32 Å². The number of halogens is 2. The van der Waals surface area contributed by atoms with Gasteiger partial charge in [0.2, 0.25) is 15.9 Å². The van der Waals surface area contributed by atoms with Crippen LogP contribution in [0.25, 0.3) is 0 Å². The minimum Gasteiger partial charge on any atom is -0.354 e. The maximum absolute atomic E-state index is 13.5. The lowest BCUT2D eigenvalue weighted by Crippen LogP contribution is -2.55. The Bertz CT molecular complexity index is 1010. The van der Waals surface area contributed by atoms with Gasteiger partial charge in [-0.2, -0.15) is 4.31 Å². The molecule has 1 fully saturated rings. The molecule has 2 aromatic carbocycles. The Balaban J connectivity index is 1.53. The summed E-state index contributed by atoms with van der Waals surface area (Å²) in [6, 6.07) is 12.1. The molecular formula is C22H27F2N3O3S. The standard InChI is InChI=1S/C22H27F2N3O3S/c1-16(18-6-4-3-5-7-18)15-25-22(28)17(2)26-10-12-27(13-11-26)31(29,30)19-8-9-20(23)21(24)14-19/h3-9,14,16-17H,10-13,15H2,1-2H3,(H,25,28). The quantitative estimate of drug-likeness (QED) is 0.703. The number of hydrogen-bond donors (Lipinski definition) is 1. The summed E-state index contributed by atoms with van der Waals surface area (Å²) in [7, 11) is -3.92. The summed E-state index contributed by atoms with van der Waals surface area (Å²) in [4.78, 5) is 14.2. The van der Waals surface area contributed by atoms with Gasteiger partial charge in [-0.25, -0.2) is 17.2 Å². The van der Waals surface area contributed by atoms with Crippen LogP contribution in [0.15, 0.2) is 53.4 Å². The Hall–Kier alpha value is -2.36. The van der Waals surface area contributed by atoms with E-state index in [9.17, 15) is 22.0 Å². The summed E-state index contributed by atoms with van der Waals surface area (Å²) in [6.07, 6.45) is 0. The summed E-state index contributed by atoms with van der Waals surface area (Å²) in [5, 5.41) is 2.97. The van der Waals surface area contributed by atoms with Gasteiger partial charge in [-0.05, 0) is 36.6 Å². The van der Waals surface area contributed by atoms with Gasteiger partial charge < -0.3 is 5.32 Å². The number of amides is 1. The van der Waals surface area contributed by atoms with Gasteiger partial charge in [-0.3, -0.25) is 9.69 Å². The Morgan fingerprint density at radius 2 is 1.65 bits per heavy atom. The summed E-state index contributed by atoms with van der Waals surface area (Å²) >= 11 is 0. The minimum atomic E-state index is -3.92. The molecule has 0 aromatic heterocycles. The average Bonchev–Trinajstić information content (AvgIpc) is 2.79. The number of sulfonamides is 1. The van der Waals surface area contributed by atoms with Crippen molar-refractivity contribution in [3.8, 4) is 0 Å². The molecule has 1 saturated heterocycles. The van der Waals surface area contributed by atoms with E-state index >= 15 is 0 Å². The van der Waals surface area contributed by atoms with Gasteiger partial charge in [0.15, 0.2) is 11.6 Å². The second-order valence-electron chi connectivity index (χ2n) is 7.75.